The topological polar surface area (TPSA) is 105 Å². The van der Waals surface area contributed by atoms with E-state index in [2.05, 4.69) is 5.32 Å². The van der Waals surface area contributed by atoms with Crippen LogP contribution >= 0.6 is 0 Å². The van der Waals surface area contributed by atoms with Crippen molar-refractivity contribution in [1.29, 1.82) is 0 Å². The molecule has 0 aromatic heterocycles. The normalized spacial score (nSPS) is 11.8. The Kier molecular flexibility index (Phi) is 11.8. The van der Waals surface area contributed by atoms with Gasteiger partial charge in [0.1, 0.15) is 24.1 Å². The molecule has 0 fully saturated rings. The largest absolute Gasteiger partial charge is 0.497 e. The highest BCUT2D eigenvalue weighted by Crippen LogP contribution is 2.33. The zero-order chi connectivity index (χ0) is 30.7. The molecule has 10 heteroatoms. The van der Waals surface area contributed by atoms with E-state index < -0.39 is 28.5 Å². The maximum absolute atomic E-state index is 14.2. The lowest BCUT2D eigenvalue weighted by molar-refractivity contribution is -0.140. The number of aryl methyl sites for hydroxylation is 1. The highest BCUT2D eigenvalue weighted by Gasteiger charge is 2.34. The highest BCUT2D eigenvalue weighted by atomic mass is 32.2. The fraction of sp³-hybridized carbons (Fsp3) is 0.375. The van der Waals surface area contributed by atoms with E-state index in [0.717, 1.165) is 28.3 Å². The molecule has 3 aromatic carbocycles. The second-order valence-corrected chi connectivity index (χ2v) is 11.8. The predicted octanol–water partition coefficient (Wildman–Crippen LogP) is 4.93. The van der Waals surface area contributed by atoms with Gasteiger partial charge in [-0.1, -0.05) is 62.2 Å². The minimum absolute atomic E-state index is 0.0172. The maximum Gasteiger partial charge on any atom is 0.264 e. The molecule has 42 heavy (non-hydrogen) atoms. The number of amides is 2. The summed E-state index contributed by atoms with van der Waals surface area (Å²) in [7, 11) is -1.30. The van der Waals surface area contributed by atoms with E-state index in [4.69, 9.17) is 9.47 Å². The fourth-order valence-electron chi connectivity index (χ4n) is 4.54. The molecule has 1 N–H and O–H groups in total. The van der Waals surface area contributed by atoms with Gasteiger partial charge in [0.05, 0.1) is 24.8 Å². The van der Waals surface area contributed by atoms with Crippen LogP contribution in [-0.2, 0) is 26.2 Å². The van der Waals surface area contributed by atoms with Gasteiger partial charge in [0.15, 0.2) is 0 Å². The number of ether oxygens (including phenoxy) is 2. The second kappa shape index (κ2) is 15.3. The van der Waals surface area contributed by atoms with E-state index in [1.807, 2.05) is 45.0 Å². The lowest BCUT2D eigenvalue weighted by Crippen LogP contribution is -2.52. The summed E-state index contributed by atoms with van der Waals surface area (Å²) in [4.78, 5) is 28.9. The van der Waals surface area contributed by atoms with Crippen LogP contribution in [0.4, 0.5) is 5.69 Å². The first-order chi connectivity index (χ1) is 20.2. The summed E-state index contributed by atoms with van der Waals surface area (Å²) in [5.74, 6) is -0.000778. The van der Waals surface area contributed by atoms with Crippen LogP contribution in [0.3, 0.4) is 0 Å². The summed E-state index contributed by atoms with van der Waals surface area (Å²) in [5.41, 5.74) is 2.10. The van der Waals surface area contributed by atoms with Crippen molar-refractivity contribution in [2.75, 3.05) is 31.6 Å². The van der Waals surface area contributed by atoms with Gasteiger partial charge in [-0.2, -0.15) is 0 Å². The molecule has 3 aromatic rings. The minimum atomic E-state index is -4.24. The molecule has 0 saturated heterocycles. The molecule has 9 nitrogen and oxygen atoms in total. The van der Waals surface area contributed by atoms with Crippen molar-refractivity contribution < 1.29 is 27.5 Å². The molecule has 0 aliphatic heterocycles. The van der Waals surface area contributed by atoms with Crippen LogP contribution in [0.1, 0.15) is 44.2 Å². The van der Waals surface area contributed by atoms with Crippen molar-refractivity contribution in [3.8, 4) is 11.5 Å². The number of para-hydroxylation sites is 2. The maximum atomic E-state index is 14.2. The van der Waals surface area contributed by atoms with Crippen LogP contribution in [0.5, 0.6) is 11.5 Å². The van der Waals surface area contributed by atoms with Crippen molar-refractivity contribution >= 4 is 27.5 Å². The molecule has 0 bridgehead atoms. The van der Waals surface area contributed by atoms with Crippen molar-refractivity contribution in [1.82, 2.24) is 10.2 Å². The van der Waals surface area contributed by atoms with Crippen molar-refractivity contribution in [2.24, 2.45) is 0 Å². The number of sulfonamides is 1. The zero-order valence-electron chi connectivity index (χ0n) is 25.0. The lowest BCUT2D eigenvalue weighted by atomic mass is 10.1. The van der Waals surface area contributed by atoms with Gasteiger partial charge in [-0.25, -0.2) is 8.42 Å². The Morgan fingerprint density at radius 2 is 1.57 bits per heavy atom. The second-order valence-electron chi connectivity index (χ2n) is 9.93. The average Bonchev–Trinajstić information content (AvgIpc) is 3.00. The van der Waals surface area contributed by atoms with Gasteiger partial charge in [-0.3, -0.25) is 13.9 Å². The van der Waals surface area contributed by atoms with E-state index in [-0.39, 0.29) is 28.8 Å². The molecule has 0 aliphatic carbocycles. The van der Waals surface area contributed by atoms with Gasteiger partial charge in [-0.05, 0) is 61.7 Å². The molecule has 1 atom stereocenters. The number of hydrogen-bond acceptors (Lipinski definition) is 6. The number of anilines is 1. The van der Waals surface area contributed by atoms with Crippen molar-refractivity contribution in [3.63, 3.8) is 0 Å². The number of hydrogen-bond donors (Lipinski definition) is 1. The third-order valence-corrected chi connectivity index (χ3v) is 8.74. The first-order valence-corrected chi connectivity index (χ1v) is 15.5. The molecular weight excluding hydrogens is 554 g/mol. The smallest absolute Gasteiger partial charge is 0.264 e. The molecule has 3 rings (SSSR count). The Balaban J connectivity index is 2.07. The zero-order valence-corrected chi connectivity index (χ0v) is 25.8. The van der Waals surface area contributed by atoms with Gasteiger partial charge in [0.25, 0.3) is 10.0 Å². The average molecular weight is 596 g/mol. The molecule has 1 unspecified atom stereocenters. The van der Waals surface area contributed by atoms with Gasteiger partial charge in [0, 0.05) is 13.1 Å². The number of nitrogens with one attached hydrogen (secondary N) is 1. The molecule has 226 valence electrons. The summed E-state index contributed by atoms with van der Waals surface area (Å²) in [6, 6.07) is 19.5. The van der Waals surface area contributed by atoms with E-state index in [1.165, 1.54) is 31.3 Å². The van der Waals surface area contributed by atoms with Gasteiger partial charge >= 0.3 is 0 Å². The number of unbranched alkanes of at least 4 members (excludes halogenated alkanes) is 1. The van der Waals surface area contributed by atoms with Gasteiger partial charge in [0.2, 0.25) is 11.8 Å². The van der Waals surface area contributed by atoms with Crippen LogP contribution in [0.25, 0.3) is 0 Å². The Bertz CT molecular complexity index is 1430. The minimum Gasteiger partial charge on any atom is -0.497 e. The first kappa shape index (κ1) is 32.5. The van der Waals surface area contributed by atoms with Crippen LogP contribution in [0.15, 0.2) is 77.7 Å². The molecule has 0 aliphatic rings. The number of benzene rings is 3. The summed E-state index contributed by atoms with van der Waals surface area (Å²) in [6.45, 7) is 5.94. The molecule has 0 radical (unpaired) electrons. The highest BCUT2D eigenvalue weighted by molar-refractivity contribution is 7.92. The summed E-state index contributed by atoms with van der Waals surface area (Å²) in [6.07, 6.45) is 2.09. The van der Waals surface area contributed by atoms with Gasteiger partial charge < -0.3 is 19.7 Å². The predicted molar refractivity (Wildman–Crippen MR) is 164 cm³/mol. The monoisotopic (exact) mass is 595 g/mol. The van der Waals surface area contributed by atoms with E-state index in [9.17, 15) is 18.0 Å². The van der Waals surface area contributed by atoms with Crippen LogP contribution in [0, 0.1) is 6.92 Å². The van der Waals surface area contributed by atoms with Gasteiger partial charge in [-0.15, -0.1) is 0 Å². The fourth-order valence-corrected chi connectivity index (χ4v) is 5.96. The first-order valence-electron chi connectivity index (χ1n) is 14.1. The standard InChI is InChI=1S/C32H41N3O6S/c1-6-8-21-33-32(37)28(7-2)34(22-25-15-13-24(3)14-16-25)31(36)23-35(29-11-9-10-12-30(29)41-5)42(38,39)27-19-17-26(40-4)18-20-27/h9-20,28H,6-8,21-23H2,1-5H3,(H,33,37). The molecule has 0 spiro atoms. The quantitative estimate of drug-likeness (QED) is 0.250. The lowest BCUT2D eigenvalue weighted by Gasteiger charge is -2.33. The molecule has 0 saturated carbocycles. The molecule has 2 amide bonds. The Labute approximate surface area is 249 Å². The summed E-state index contributed by atoms with van der Waals surface area (Å²) >= 11 is 0. The van der Waals surface area contributed by atoms with Crippen LogP contribution in [0.2, 0.25) is 0 Å². The van der Waals surface area contributed by atoms with E-state index in [1.54, 1.807) is 36.4 Å². The van der Waals surface area contributed by atoms with Crippen molar-refractivity contribution in [2.45, 2.75) is 57.5 Å². The number of carbonyl (C=O) groups is 2. The molecule has 0 heterocycles. The number of carbonyl (C=O) groups excluding carboxylic acids is 2. The van der Waals surface area contributed by atoms with E-state index in [0.29, 0.717) is 18.7 Å². The van der Waals surface area contributed by atoms with Crippen LogP contribution in [-0.4, -0.2) is 58.5 Å². The Morgan fingerprint density at radius 3 is 2.17 bits per heavy atom. The third kappa shape index (κ3) is 8.03. The summed E-state index contributed by atoms with van der Waals surface area (Å²) < 4.78 is 39.9. The molecular formula is C32H41N3O6S. The van der Waals surface area contributed by atoms with Crippen LogP contribution < -0.4 is 19.1 Å². The Hall–Kier alpha value is -4.05. The summed E-state index contributed by atoms with van der Waals surface area (Å²) in [5, 5.41) is 2.94. The SMILES string of the molecule is CCCCNC(=O)C(CC)N(Cc1ccc(C)cc1)C(=O)CN(c1ccccc1OC)S(=O)(=O)c1ccc(OC)cc1. The van der Waals surface area contributed by atoms with E-state index >= 15 is 0 Å². The third-order valence-electron chi connectivity index (χ3n) is 6.97. The number of rotatable bonds is 15. The number of nitrogens with zero attached hydrogens (tertiary/aromatic N) is 2. The van der Waals surface area contributed by atoms with Crippen molar-refractivity contribution in [3.05, 3.63) is 83.9 Å². The number of methoxy groups -OCH3 is 2. The Morgan fingerprint density at radius 1 is 0.905 bits per heavy atom.